The number of carbonyl (C=O) groups is 1. The van der Waals surface area contributed by atoms with Gasteiger partial charge in [-0.25, -0.2) is 0 Å². The van der Waals surface area contributed by atoms with Crippen LogP contribution in [0, 0.1) is 10.8 Å². The lowest BCUT2D eigenvalue weighted by molar-refractivity contribution is 0.0988. The molecular weight excluding hydrogens is 494 g/mol. The lowest BCUT2D eigenvalue weighted by Crippen LogP contribution is -2.40. The number of nitrogens with two attached hydrogens (primary N) is 1. The molecule has 1 aliphatic rings. The molecule has 0 saturated carbocycles. The molecule has 38 heavy (non-hydrogen) atoms. The van der Waals surface area contributed by atoms with Crippen molar-refractivity contribution in [2.75, 3.05) is 18.0 Å². The van der Waals surface area contributed by atoms with Crippen molar-refractivity contribution in [2.45, 2.75) is 32.4 Å². The fraction of sp³-hybridized carbons (Fsp3) is 0.233. The molecule has 2 heterocycles. The van der Waals surface area contributed by atoms with Crippen molar-refractivity contribution in [3.05, 3.63) is 94.2 Å². The number of ether oxygens (including phenoxy) is 1. The second kappa shape index (κ2) is 11.1. The number of amides is 1. The van der Waals surface area contributed by atoms with Gasteiger partial charge in [0.2, 0.25) is 0 Å². The van der Waals surface area contributed by atoms with E-state index in [1.54, 1.807) is 4.90 Å². The summed E-state index contributed by atoms with van der Waals surface area (Å²) in [5.41, 5.74) is 8.15. The Morgan fingerprint density at radius 2 is 1.76 bits per heavy atom. The first-order chi connectivity index (χ1) is 18.4. The number of rotatable bonds is 7. The molecule has 0 atom stereocenters. The molecule has 0 spiro atoms. The minimum absolute atomic E-state index is 0.0319. The lowest BCUT2D eigenvalue weighted by atomic mass is 10.0. The Morgan fingerprint density at radius 1 is 1.03 bits per heavy atom. The minimum atomic E-state index is -0.0550. The molecule has 1 saturated heterocycles. The Balaban J connectivity index is 1.37. The summed E-state index contributed by atoms with van der Waals surface area (Å²) in [6.45, 7) is 3.89. The van der Waals surface area contributed by atoms with Gasteiger partial charge in [0.15, 0.2) is 0 Å². The van der Waals surface area contributed by atoms with E-state index < -0.39 is 0 Å². The highest BCUT2D eigenvalue weighted by atomic mass is 32.1. The second-order valence-electron chi connectivity index (χ2n) is 9.56. The number of amidine groups is 2. The van der Waals surface area contributed by atoms with Crippen LogP contribution in [0.5, 0.6) is 5.75 Å². The topological polar surface area (TPSA) is 106 Å². The van der Waals surface area contributed by atoms with Gasteiger partial charge >= 0.3 is 0 Å². The van der Waals surface area contributed by atoms with Crippen LogP contribution in [0.1, 0.15) is 40.6 Å². The van der Waals surface area contributed by atoms with Crippen LogP contribution in [0.25, 0.3) is 10.8 Å². The van der Waals surface area contributed by atoms with Crippen LogP contribution < -0.4 is 15.4 Å². The third-order valence-corrected chi connectivity index (χ3v) is 7.76. The van der Waals surface area contributed by atoms with Gasteiger partial charge in [0.1, 0.15) is 17.7 Å². The number of hydrogen-bond donors (Lipinski definition) is 3. The van der Waals surface area contributed by atoms with Crippen molar-refractivity contribution in [2.24, 2.45) is 5.73 Å². The number of thiophene rings is 1. The van der Waals surface area contributed by atoms with Crippen LogP contribution in [0.4, 0.5) is 5.69 Å². The van der Waals surface area contributed by atoms with Gasteiger partial charge in [-0.3, -0.25) is 15.6 Å². The summed E-state index contributed by atoms with van der Waals surface area (Å²) >= 11 is 1.43. The van der Waals surface area contributed by atoms with Gasteiger partial charge < -0.3 is 20.3 Å². The van der Waals surface area contributed by atoms with Crippen molar-refractivity contribution in [3.8, 4) is 5.75 Å². The van der Waals surface area contributed by atoms with E-state index in [9.17, 15) is 4.79 Å². The molecule has 0 aliphatic carbocycles. The van der Waals surface area contributed by atoms with Crippen molar-refractivity contribution in [1.29, 1.82) is 10.8 Å². The normalized spacial score (nSPS) is 13.9. The van der Waals surface area contributed by atoms with Crippen molar-refractivity contribution >= 4 is 45.4 Å². The molecular formula is C30H31N5O2S. The highest BCUT2D eigenvalue weighted by Gasteiger charge is 2.22. The zero-order valence-electron chi connectivity index (χ0n) is 21.3. The maximum Gasteiger partial charge on any atom is 0.268 e. The number of hydrogen-bond acceptors (Lipinski definition) is 5. The average molecular weight is 526 g/mol. The molecule has 0 bridgehead atoms. The maximum atomic E-state index is 13.5. The first-order valence-electron chi connectivity index (χ1n) is 12.7. The Hall–Kier alpha value is -4.17. The summed E-state index contributed by atoms with van der Waals surface area (Å²) in [6, 6.07) is 23.3. The van der Waals surface area contributed by atoms with Crippen LogP contribution in [0.3, 0.4) is 0 Å². The molecule has 4 aromatic rings. The summed E-state index contributed by atoms with van der Waals surface area (Å²) in [6.07, 6.45) is 1.89. The SMILES string of the molecule is CC(=N)N1CCC(Oc2ccc(N(Cc3ccc4ccc(C(=N)N)cc4c3)C(=O)c3cccs3)cc2)CC1. The van der Waals surface area contributed by atoms with Gasteiger partial charge in [0.25, 0.3) is 5.91 Å². The predicted octanol–water partition coefficient (Wildman–Crippen LogP) is 5.87. The van der Waals surface area contributed by atoms with Gasteiger partial charge in [0, 0.05) is 37.2 Å². The van der Waals surface area contributed by atoms with Crippen LogP contribution in [-0.4, -0.2) is 41.7 Å². The zero-order valence-corrected chi connectivity index (χ0v) is 22.1. The molecule has 4 N–H and O–H groups in total. The van der Waals surface area contributed by atoms with Crippen LogP contribution >= 0.6 is 11.3 Å². The second-order valence-corrected chi connectivity index (χ2v) is 10.5. The molecule has 1 aliphatic heterocycles. The first kappa shape index (κ1) is 25.5. The third-order valence-electron chi connectivity index (χ3n) is 6.90. The number of likely N-dealkylation sites (tertiary alicyclic amines) is 1. The van der Waals surface area contributed by atoms with E-state index in [1.807, 2.05) is 79.0 Å². The predicted molar refractivity (Wildman–Crippen MR) is 155 cm³/mol. The largest absolute Gasteiger partial charge is 0.490 e. The van der Waals surface area contributed by atoms with Crippen molar-refractivity contribution in [1.82, 2.24) is 4.90 Å². The van der Waals surface area contributed by atoms with Gasteiger partial charge in [-0.15, -0.1) is 11.3 Å². The number of nitrogens with zero attached hydrogens (tertiary/aromatic N) is 2. The van der Waals surface area contributed by atoms with E-state index >= 15 is 0 Å². The molecule has 7 nitrogen and oxygen atoms in total. The average Bonchev–Trinajstić information content (AvgIpc) is 3.47. The highest BCUT2D eigenvalue weighted by Crippen LogP contribution is 2.27. The van der Waals surface area contributed by atoms with E-state index in [0.29, 0.717) is 22.8 Å². The lowest BCUT2D eigenvalue weighted by Gasteiger charge is -2.32. The summed E-state index contributed by atoms with van der Waals surface area (Å²) in [5, 5.41) is 19.5. The first-order valence-corrected chi connectivity index (χ1v) is 13.5. The van der Waals surface area contributed by atoms with Gasteiger partial charge in [-0.05, 0) is 71.1 Å². The van der Waals surface area contributed by atoms with Gasteiger partial charge in [-0.1, -0.05) is 30.3 Å². The molecule has 3 aromatic carbocycles. The number of anilines is 1. The summed E-state index contributed by atoms with van der Waals surface area (Å²) in [5.74, 6) is 1.36. The quantitative estimate of drug-likeness (QED) is 0.207. The van der Waals surface area contributed by atoms with E-state index in [2.05, 4.69) is 11.0 Å². The van der Waals surface area contributed by atoms with Gasteiger partial charge in [0.05, 0.1) is 17.3 Å². The van der Waals surface area contributed by atoms with E-state index in [1.165, 1.54) is 11.3 Å². The number of fused-ring (bicyclic) bond motifs is 1. The maximum absolute atomic E-state index is 13.5. The van der Waals surface area contributed by atoms with Crippen LogP contribution in [0.2, 0.25) is 0 Å². The number of benzene rings is 3. The molecule has 0 unspecified atom stereocenters. The highest BCUT2D eigenvalue weighted by molar-refractivity contribution is 7.12. The fourth-order valence-electron chi connectivity index (χ4n) is 4.76. The number of piperidine rings is 1. The molecule has 1 amide bonds. The van der Waals surface area contributed by atoms with E-state index in [-0.39, 0.29) is 17.8 Å². The molecule has 5 rings (SSSR count). The molecule has 1 aromatic heterocycles. The molecule has 1 fully saturated rings. The van der Waals surface area contributed by atoms with Crippen LogP contribution in [0.15, 0.2) is 78.2 Å². The molecule has 0 radical (unpaired) electrons. The Morgan fingerprint density at radius 3 is 2.42 bits per heavy atom. The zero-order chi connectivity index (χ0) is 26.6. The standard InChI is InChI=1S/C30H31N5O2S/c1-20(31)34-14-12-27(13-15-34)37-26-10-8-25(9-11-26)35(30(36)28-3-2-16-38-28)19-21-4-5-22-6-7-23(29(32)33)18-24(22)17-21/h2-11,16-18,27,31H,12-15,19H2,1H3,(H3,32,33). The molecule has 194 valence electrons. The van der Waals surface area contributed by atoms with Crippen LogP contribution in [-0.2, 0) is 6.54 Å². The minimum Gasteiger partial charge on any atom is -0.490 e. The van der Waals surface area contributed by atoms with E-state index in [0.717, 1.165) is 53.7 Å². The van der Waals surface area contributed by atoms with E-state index in [4.69, 9.17) is 21.3 Å². The molecule has 8 heteroatoms. The smallest absolute Gasteiger partial charge is 0.268 e. The Kier molecular flexibility index (Phi) is 7.42. The Bertz CT molecular complexity index is 1460. The number of carbonyl (C=O) groups excluding carboxylic acids is 1. The summed E-state index contributed by atoms with van der Waals surface area (Å²) in [4.78, 5) is 18.1. The van der Waals surface area contributed by atoms with Crippen molar-refractivity contribution in [3.63, 3.8) is 0 Å². The third kappa shape index (κ3) is 5.70. The Labute approximate surface area is 226 Å². The number of nitrogen functional groups attached to an aromatic ring is 1. The summed E-state index contributed by atoms with van der Waals surface area (Å²) in [7, 11) is 0. The number of nitrogens with one attached hydrogen (secondary N) is 2. The fourth-order valence-corrected chi connectivity index (χ4v) is 5.44. The van der Waals surface area contributed by atoms with Crippen molar-refractivity contribution < 1.29 is 9.53 Å². The monoisotopic (exact) mass is 525 g/mol. The van der Waals surface area contributed by atoms with Gasteiger partial charge in [-0.2, -0.15) is 0 Å². The summed E-state index contributed by atoms with van der Waals surface area (Å²) < 4.78 is 6.22.